The van der Waals surface area contributed by atoms with E-state index in [1.165, 1.54) is 0 Å². The number of benzene rings is 3. The topological polar surface area (TPSA) is 69.7 Å². The fourth-order valence-electron chi connectivity index (χ4n) is 5.54. The number of rotatable bonds is 8. The molecule has 186 valence electrons. The predicted octanol–water partition coefficient (Wildman–Crippen LogP) is 4.97. The highest BCUT2D eigenvalue weighted by Crippen LogP contribution is 2.37. The summed E-state index contributed by atoms with van der Waals surface area (Å²) in [4.78, 5) is 43.8. The average molecular weight is 484 g/mol. The van der Waals surface area contributed by atoms with Crippen molar-refractivity contribution in [2.75, 3.05) is 11.4 Å². The first-order valence-electron chi connectivity index (χ1n) is 12.9. The Morgan fingerprint density at radius 1 is 1.03 bits per heavy atom. The summed E-state index contributed by atoms with van der Waals surface area (Å²) in [6.45, 7) is 4.17. The number of carbonyl (C=O) groups excluding carboxylic acids is 3. The van der Waals surface area contributed by atoms with Crippen molar-refractivity contribution in [3.05, 3.63) is 77.4 Å². The van der Waals surface area contributed by atoms with Gasteiger partial charge in [0.15, 0.2) is 0 Å². The van der Waals surface area contributed by atoms with Crippen LogP contribution in [0.3, 0.4) is 0 Å². The highest BCUT2D eigenvalue weighted by atomic mass is 16.2. The van der Waals surface area contributed by atoms with Crippen molar-refractivity contribution in [1.82, 2.24) is 10.2 Å². The maximum Gasteiger partial charge on any atom is 0.259 e. The van der Waals surface area contributed by atoms with Crippen LogP contribution in [0.4, 0.5) is 5.69 Å². The summed E-state index contributed by atoms with van der Waals surface area (Å²) in [6, 6.07) is 19.0. The molecule has 0 bridgehead atoms. The van der Waals surface area contributed by atoms with Gasteiger partial charge in [-0.2, -0.15) is 0 Å². The SMILES string of the molecule is CC[C@@H](C(=O)NC1CCCC1)N(Cc1ccc(C)cc1)C(=O)CN1C(=O)c2cccc3cccc1c23. The van der Waals surface area contributed by atoms with E-state index in [2.05, 4.69) is 5.32 Å². The third-order valence-corrected chi connectivity index (χ3v) is 7.50. The lowest BCUT2D eigenvalue weighted by atomic mass is 10.1. The number of nitrogens with zero attached hydrogens (tertiary/aromatic N) is 2. The highest BCUT2D eigenvalue weighted by Gasteiger charge is 2.35. The molecule has 1 heterocycles. The lowest BCUT2D eigenvalue weighted by Crippen LogP contribution is -2.53. The summed E-state index contributed by atoms with van der Waals surface area (Å²) in [5.41, 5.74) is 3.46. The maximum absolute atomic E-state index is 13.9. The summed E-state index contributed by atoms with van der Waals surface area (Å²) < 4.78 is 0. The van der Waals surface area contributed by atoms with Crippen LogP contribution in [0.15, 0.2) is 60.7 Å². The van der Waals surface area contributed by atoms with Gasteiger partial charge in [0.25, 0.3) is 5.91 Å². The number of aryl methyl sites for hydroxylation is 1. The number of nitrogens with one attached hydrogen (secondary N) is 1. The standard InChI is InChI=1S/C30H33N3O3/c1-3-25(29(35)31-23-10-4-5-11-23)32(18-21-16-14-20(2)15-17-21)27(34)19-33-26-13-7-9-22-8-6-12-24(28(22)26)30(33)36/h6-9,12-17,23,25H,3-5,10-11,18-19H2,1-2H3,(H,31,35)/t25-/m0/s1. The minimum Gasteiger partial charge on any atom is -0.352 e. The highest BCUT2D eigenvalue weighted by molar-refractivity contribution is 6.26. The molecular formula is C30H33N3O3. The summed E-state index contributed by atoms with van der Waals surface area (Å²) in [5.74, 6) is -0.515. The monoisotopic (exact) mass is 483 g/mol. The van der Waals surface area contributed by atoms with Crippen LogP contribution in [0.2, 0.25) is 0 Å². The summed E-state index contributed by atoms with van der Waals surface area (Å²) >= 11 is 0. The molecule has 6 heteroatoms. The lowest BCUT2D eigenvalue weighted by molar-refractivity contribution is -0.140. The molecule has 0 unspecified atom stereocenters. The Hall–Kier alpha value is -3.67. The van der Waals surface area contributed by atoms with Gasteiger partial charge in [-0.1, -0.05) is 73.9 Å². The van der Waals surface area contributed by atoms with Gasteiger partial charge in [0, 0.05) is 23.5 Å². The molecule has 0 aromatic heterocycles. The van der Waals surface area contributed by atoms with Gasteiger partial charge in [-0.3, -0.25) is 19.3 Å². The molecule has 3 aromatic carbocycles. The zero-order chi connectivity index (χ0) is 25.2. The molecule has 5 rings (SSSR count). The van der Waals surface area contributed by atoms with Crippen LogP contribution in [0.1, 0.15) is 60.5 Å². The summed E-state index contributed by atoms with van der Waals surface area (Å²) in [7, 11) is 0. The van der Waals surface area contributed by atoms with Crippen LogP contribution < -0.4 is 10.2 Å². The van der Waals surface area contributed by atoms with Gasteiger partial charge < -0.3 is 10.2 Å². The Bertz CT molecular complexity index is 1290. The second-order valence-corrected chi connectivity index (χ2v) is 9.99. The summed E-state index contributed by atoms with van der Waals surface area (Å²) in [6.07, 6.45) is 4.71. The quantitative estimate of drug-likeness (QED) is 0.492. The van der Waals surface area contributed by atoms with Gasteiger partial charge in [-0.15, -0.1) is 0 Å². The van der Waals surface area contributed by atoms with E-state index >= 15 is 0 Å². The van der Waals surface area contributed by atoms with E-state index in [0.717, 1.165) is 53.3 Å². The number of hydrogen-bond acceptors (Lipinski definition) is 3. The molecule has 1 fully saturated rings. The Morgan fingerprint density at radius 3 is 2.42 bits per heavy atom. The number of anilines is 1. The number of carbonyl (C=O) groups is 3. The Balaban J connectivity index is 1.43. The third kappa shape index (κ3) is 4.60. The largest absolute Gasteiger partial charge is 0.352 e. The van der Waals surface area contributed by atoms with E-state index in [1.54, 1.807) is 9.80 Å². The molecule has 1 saturated carbocycles. The third-order valence-electron chi connectivity index (χ3n) is 7.50. The normalized spacial score (nSPS) is 15.9. The lowest BCUT2D eigenvalue weighted by Gasteiger charge is -2.33. The zero-order valence-electron chi connectivity index (χ0n) is 21.0. The van der Waals surface area contributed by atoms with Gasteiger partial charge >= 0.3 is 0 Å². The van der Waals surface area contributed by atoms with Crippen LogP contribution in [0, 0.1) is 6.92 Å². The molecule has 3 amide bonds. The van der Waals surface area contributed by atoms with E-state index in [1.807, 2.05) is 74.5 Å². The molecule has 6 nitrogen and oxygen atoms in total. The van der Waals surface area contributed by atoms with Gasteiger partial charge in [0.2, 0.25) is 11.8 Å². The van der Waals surface area contributed by atoms with Gasteiger partial charge in [-0.25, -0.2) is 0 Å². The van der Waals surface area contributed by atoms with Crippen LogP contribution >= 0.6 is 0 Å². The van der Waals surface area contributed by atoms with Crippen molar-refractivity contribution in [2.24, 2.45) is 0 Å². The van der Waals surface area contributed by atoms with Gasteiger partial charge in [0.1, 0.15) is 12.6 Å². The molecule has 36 heavy (non-hydrogen) atoms. The first-order valence-corrected chi connectivity index (χ1v) is 12.9. The van der Waals surface area contributed by atoms with Crippen molar-refractivity contribution in [2.45, 2.75) is 64.6 Å². The Morgan fingerprint density at radius 2 is 1.72 bits per heavy atom. The summed E-state index contributed by atoms with van der Waals surface area (Å²) in [5, 5.41) is 5.04. The fraction of sp³-hybridized carbons (Fsp3) is 0.367. The molecule has 1 N–H and O–H groups in total. The van der Waals surface area contributed by atoms with Crippen molar-refractivity contribution in [3.8, 4) is 0 Å². The van der Waals surface area contributed by atoms with Gasteiger partial charge in [-0.05, 0) is 49.3 Å². The van der Waals surface area contributed by atoms with Gasteiger partial charge in [0.05, 0.1) is 5.69 Å². The maximum atomic E-state index is 13.9. The first kappa shape index (κ1) is 24.0. The first-order chi connectivity index (χ1) is 17.5. The second kappa shape index (κ2) is 10.1. The Labute approximate surface area is 212 Å². The number of hydrogen-bond donors (Lipinski definition) is 1. The second-order valence-electron chi connectivity index (χ2n) is 9.99. The minimum absolute atomic E-state index is 0.105. The minimum atomic E-state index is -0.602. The molecule has 0 radical (unpaired) electrons. The zero-order valence-corrected chi connectivity index (χ0v) is 21.0. The van der Waals surface area contributed by atoms with Crippen LogP contribution in [0.25, 0.3) is 10.8 Å². The van der Waals surface area contributed by atoms with Crippen molar-refractivity contribution in [1.29, 1.82) is 0 Å². The molecule has 1 aliphatic heterocycles. The molecule has 2 aliphatic rings. The van der Waals surface area contributed by atoms with Crippen LogP contribution in [-0.2, 0) is 16.1 Å². The molecule has 1 atom stereocenters. The van der Waals surface area contributed by atoms with Crippen molar-refractivity contribution in [3.63, 3.8) is 0 Å². The molecule has 0 spiro atoms. The van der Waals surface area contributed by atoms with E-state index in [4.69, 9.17) is 0 Å². The molecule has 3 aromatic rings. The Kier molecular flexibility index (Phi) is 6.77. The van der Waals surface area contributed by atoms with Crippen molar-refractivity contribution >= 4 is 34.2 Å². The fourth-order valence-corrected chi connectivity index (χ4v) is 5.54. The molecule has 0 saturated heterocycles. The molecular weight excluding hydrogens is 450 g/mol. The van der Waals surface area contributed by atoms with Crippen LogP contribution in [0.5, 0.6) is 0 Å². The van der Waals surface area contributed by atoms with Crippen LogP contribution in [-0.4, -0.2) is 41.2 Å². The molecule has 1 aliphatic carbocycles. The van der Waals surface area contributed by atoms with E-state index in [-0.39, 0.29) is 30.3 Å². The smallest absolute Gasteiger partial charge is 0.259 e. The predicted molar refractivity (Wildman–Crippen MR) is 142 cm³/mol. The number of amides is 3. The average Bonchev–Trinajstić information content (AvgIpc) is 3.49. The van der Waals surface area contributed by atoms with E-state index in [0.29, 0.717) is 18.5 Å². The van der Waals surface area contributed by atoms with E-state index in [9.17, 15) is 14.4 Å². The van der Waals surface area contributed by atoms with Crippen molar-refractivity contribution < 1.29 is 14.4 Å². The van der Waals surface area contributed by atoms with E-state index < -0.39 is 6.04 Å².